The van der Waals surface area contributed by atoms with Crippen molar-refractivity contribution < 1.29 is 14.7 Å². The maximum Gasteiger partial charge on any atom is 0.306 e. The third kappa shape index (κ3) is 2.49. The van der Waals surface area contributed by atoms with E-state index in [-0.39, 0.29) is 23.7 Å². The van der Waals surface area contributed by atoms with Gasteiger partial charge in [-0.1, -0.05) is 12.8 Å². The highest BCUT2D eigenvalue weighted by molar-refractivity contribution is 5.79. The summed E-state index contributed by atoms with van der Waals surface area (Å²) in [6, 6.07) is 0. The molecule has 106 valence electrons. The van der Waals surface area contributed by atoms with E-state index in [9.17, 15) is 9.59 Å². The summed E-state index contributed by atoms with van der Waals surface area (Å²) in [4.78, 5) is 23.3. The predicted octanol–water partition coefficient (Wildman–Crippen LogP) is 2.04. The Morgan fingerprint density at radius 1 is 1.05 bits per heavy atom. The fraction of sp³-hybridized carbons (Fsp3) is 0.867. The van der Waals surface area contributed by atoms with E-state index < -0.39 is 5.97 Å². The average molecular weight is 265 g/mol. The van der Waals surface area contributed by atoms with Gasteiger partial charge in [-0.25, -0.2) is 0 Å². The molecule has 0 spiro atoms. The van der Waals surface area contributed by atoms with Gasteiger partial charge in [0, 0.05) is 12.5 Å². The first-order chi connectivity index (χ1) is 9.15. The molecule has 0 aromatic heterocycles. The molecular formula is C15H23NO3. The predicted molar refractivity (Wildman–Crippen MR) is 70.4 cm³/mol. The van der Waals surface area contributed by atoms with Crippen molar-refractivity contribution >= 4 is 11.9 Å². The van der Waals surface area contributed by atoms with Crippen molar-refractivity contribution in [2.75, 3.05) is 6.54 Å². The average Bonchev–Trinajstić information content (AvgIpc) is 3.10. The summed E-state index contributed by atoms with van der Waals surface area (Å²) < 4.78 is 0. The van der Waals surface area contributed by atoms with Gasteiger partial charge in [0.05, 0.1) is 5.92 Å². The van der Waals surface area contributed by atoms with E-state index >= 15 is 0 Å². The van der Waals surface area contributed by atoms with Crippen LogP contribution >= 0.6 is 0 Å². The molecule has 3 rings (SSSR count). The molecule has 0 aliphatic heterocycles. The van der Waals surface area contributed by atoms with Crippen molar-refractivity contribution in [2.45, 2.75) is 44.9 Å². The first-order valence-electron chi connectivity index (χ1n) is 7.65. The van der Waals surface area contributed by atoms with E-state index in [1.165, 1.54) is 19.3 Å². The van der Waals surface area contributed by atoms with Crippen LogP contribution in [-0.4, -0.2) is 23.5 Å². The quantitative estimate of drug-likeness (QED) is 0.817. The summed E-state index contributed by atoms with van der Waals surface area (Å²) in [6.07, 6.45) is 7.49. The molecule has 0 aromatic carbocycles. The van der Waals surface area contributed by atoms with Crippen LogP contribution in [0, 0.1) is 29.6 Å². The molecule has 3 fully saturated rings. The molecule has 0 heterocycles. The van der Waals surface area contributed by atoms with Crippen molar-refractivity contribution in [3.8, 4) is 0 Å². The molecule has 5 atom stereocenters. The van der Waals surface area contributed by atoms with Crippen molar-refractivity contribution in [1.29, 1.82) is 0 Å². The lowest BCUT2D eigenvalue weighted by molar-refractivity contribution is -0.143. The van der Waals surface area contributed by atoms with Gasteiger partial charge in [-0.15, -0.1) is 0 Å². The molecule has 4 nitrogen and oxygen atoms in total. The van der Waals surface area contributed by atoms with Crippen LogP contribution in [0.4, 0.5) is 0 Å². The molecule has 0 radical (unpaired) electrons. The smallest absolute Gasteiger partial charge is 0.306 e. The Hall–Kier alpha value is -1.06. The maximum atomic E-state index is 12.2. The molecule has 2 N–H and O–H groups in total. The number of fused-ring (bicyclic) bond motifs is 2. The van der Waals surface area contributed by atoms with E-state index in [0.29, 0.717) is 12.5 Å². The molecule has 3 aliphatic rings. The molecule has 5 unspecified atom stereocenters. The fourth-order valence-electron chi connectivity index (χ4n) is 4.53. The lowest BCUT2D eigenvalue weighted by atomic mass is 9.88. The van der Waals surface area contributed by atoms with Crippen molar-refractivity contribution in [3.63, 3.8) is 0 Å². The molecule has 1 amide bonds. The van der Waals surface area contributed by atoms with E-state index in [2.05, 4.69) is 5.32 Å². The van der Waals surface area contributed by atoms with Gasteiger partial charge in [0.1, 0.15) is 0 Å². The zero-order valence-electron chi connectivity index (χ0n) is 11.3. The maximum absolute atomic E-state index is 12.2. The lowest BCUT2D eigenvalue weighted by Gasteiger charge is -2.23. The van der Waals surface area contributed by atoms with Gasteiger partial charge in [0.2, 0.25) is 5.91 Å². The zero-order valence-corrected chi connectivity index (χ0v) is 11.3. The standard InChI is InChI=1S/C15H23NO3/c17-14(13-7-9-4-5-10(13)6-9)16-8-11-2-1-3-12(11)15(18)19/h9-13H,1-8H2,(H,16,17)(H,18,19). The van der Waals surface area contributed by atoms with Crippen LogP contribution in [0.25, 0.3) is 0 Å². The van der Waals surface area contributed by atoms with Crippen LogP contribution in [0.3, 0.4) is 0 Å². The topological polar surface area (TPSA) is 66.4 Å². The number of nitrogens with one attached hydrogen (secondary N) is 1. The van der Waals surface area contributed by atoms with Crippen LogP contribution in [0.1, 0.15) is 44.9 Å². The van der Waals surface area contributed by atoms with Gasteiger partial charge in [-0.05, 0) is 49.9 Å². The number of carbonyl (C=O) groups excluding carboxylic acids is 1. The third-order valence-electron chi connectivity index (χ3n) is 5.59. The molecule has 0 aromatic rings. The number of aliphatic carboxylic acids is 1. The highest BCUT2D eigenvalue weighted by Crippen LogP contribution is 2.48. The number of amides is 1. The summed E-state index contributed by atoms with van der Waals surface area (Å²) in [5.41, 5.74) is 0. The Morgan fingerprint density at radius 3 is 2.53 bits per heavy atom. The number of hydrogen-bond donors (Lipinski definition) is 2. The minimum Gasteiger partial charge on any atom is -0.481 e. The number of hydrogen-bond acceptors (Lipinski definition) is 2. The number of carbonyl (C=O) groups is 2. The van der Waals surface area contributed by atoms with Crippen molar-refractivity contribution in [2.24, 2.45) is 29.6 Å². The molecule has 3 saturated carbocycles. The van der Waals surface area contributed by atoms with Crippen molar-refractivity contribution in [1.82, 2.24) is 5.32 Å². The molecule has 0 saturated heterocycles. The summed E-state index contributed by atoms with van der Waals surface area (Å²) >= 11 is 0. The highest BCUT2D eigenvalue weighted by Gasteiger charge is 2.43. The molecule has 19 heavy (non-hydrogen) atoms. The monoisotopic (exact) mass is 265 g/mol. The van der Waals surface area contributed by atoms with Gasteiger partial charge >= 0.3 is 5.97 Å². The number of carboxylic acid groups (broad SMARTS) is 1. The molecule has 3 aliphatic carbocycles. The van der Waals surface area contributed by atoms with E-state index in [1.54, 1.807) is 0 Å². The van der Waals surface area contributed by atoms with Crippen LogP contribution < -0.4 is 5.32 Å². The van der Waals surface area contributed by atoms with Gasteiger partial charge in [-0.3, -0.25) is 9.59 Å². The van der Waals surface area contributed by atoms with Gasteiger partial charge in [0.15, 0.2) is 0 Å². The lowest BCUT2D eigenvalue weighted by Crippen LogP contribution is -2.38. The van der Waals surface area contributed by atoms with E-state index in [4.69, 9.17) is 5.11 Å². The zero-order chi connectivity index (χ0) is 13.4. The summed E-state index contributed by atoms with van der Waals surface area (Å²) in [5, 5.41) is 12.2. The number of rotatable bonds is 4. The second-order valence-electron chi connectivity index (χ2n) is 6.66. The van der Waals surface area contributed by atoms with E-state index in [0.717, 1.165) is 31.6 Å². The van der Waals surface area contributed by atoms with Crippen molar-refractivity contribution in [3.05, 3.63) is 0 Å². The van der Waals surface area contributed by atoms with Gasteiger partial charge < -0.3 is 10.4 Å². The first-order valence-corrected chi connectivity index (χ1v) is 7.65. The minimum atomic E-state index is -0.698. The second kappa shape index (κ2) is 5.14. The molecule has 4 heteroatoms. The number of carboxylic acids is 1. The van der Waals surface area contributed by atoms with Crippen LogP contribution in [0.2, 0.25) is 0 Å². The van der Waals surface area contributed by atoms with E-state index in [1.807, 2.05) is 0 Å². The molecule has 2 bridgehead atoms. The highest BCUT2D eigenvalue weighted by atomic mass is 16.4. The van der Waals surface area contributed by atoms with Crippen LogP contribution in [0.5, 0.6) is 0 Å². The first kappa shape index (κ1) is 12.9. The van der Waals surface area contributed by atoms with Gasteiger partial charge in [-0.2, -0.15) is 0 Å². The molecular weight excluding hydrogens is 242 g/mol. The Morgan fingerprint density at radius 2 is 1.89 bits per heavy atom. The fourth-order valence-corrected chi connectivity index (χ4v) is 4.53. The Balaban J connectivity index is 1.49. The largest absolute Gasteiger partial charge is 0.481 e. The third-order valence-corrected chi connectivity index (χ3v) is 5.59. The Labute approximate surface area is 113 Å². The second-order valence-corrected chi connectivity index (χ2v) is 6.66. The summed E-state index contributed by atoms with van der Waals surface area (Å²) in [5.74, 6) is 0.964. The SMILES string of the molecule is O=C(O)C1CCCC1CNC(=O)C1CC2CCC1C2. The van der Waals surface area contributed by atoms with Crippen LogP contribution in [0.15, 0.2) is 0 Å². The summed E-state index contributed by atoms with van der Waals surface area (Å²) in [6.45, 7) is 0.559. The Kier molecular flexibility index (Phi) is 3.50. The minimum absolute atomic E-state index is 0.139. The Bertz CT molecular complexity index is 382. The summed E-state index contributed by atoms with van der Waals surface area (Å²) in [7, 11) is 0. The van der Waals surface area contributed by atoms with Crippen LogP contribution in [-0.2, 0) is 9.59 Å². The normalized spacial score (nSPS) is 40.5. The van der Waals surface area contributed by atoms with Gasteiger partial charge in [0.25, 0.3) is 0 Å².